The number of benzene rings is 1. The monoisotopic (exact) mass is 306 g/mol. The van der Waals surface area contributed by atoms with Crippen LogP contribution in [0.1, 0.15) is 33.3 Å². The Bertz CT molecular complexity index is 431. The van der Waals surface area contributed by atoms with Gasteiger partial charge in [0, 0.05) is 6.10 Å². The molecule has 0 heterocycles. The lowest BCUT2D eigenvalue weighted by Crippen LogP contribution is -2.51. The summed E-state index contributed by atoms with van der Waals surface area (Å²) >= 11 is 0. The van der Waals surface area contributed by atoms with Crippen molar-refractivity contribution >= 4 is 27.5 Å². The van der Waals surface area contributed by atoms with E-state index in [4.69, 9.17) is 4.43 Å². The van der Waals surface area contributed by atoms with Gasteiger partial charge in [-0.2, -0.15) is 0 Å². The zero-order valence-corrected chi connectivity index (χ0v) is 16.1. The van der Waals surface area contributed by atoms with Crippen molar-refractivity contribution in [3.8, 4) is 0 Å². The Hall–Kier alpha value is -0.646. The molecule has 1 nitrogen and oxygen atoms in total. The average molecular weight is 307 g/mol. The third kappa shape index (κ3) is 3.93. The molecule has 0 amide bonds. The quantitative estimate of drug-likeness (QED) is 0.681. The van der Waals surface area contributed by atoms with E-state index in [0.717, 1.165) is 12.1 Å². The standard InChI is InChI=1S/C17H30OSi2/c1-8-20(9-2,18-14(3)4)17-12-10-16(11-13-17)15(5)19(6)7/h10-14,19H,5,8-9H2,1-4,6-7H3. The molecule has 0 bridgehead atoms. The van der Waals surface area contributed by atoms with Crippen molar-refractivity contribution in [2.24, 2.45) is 0 Å². The fraction of sp³-hybridized carbons (Fsp3) is 0.529. The fourth-order valence-electron chi connectivity index (χ4n) is 2.67. The van der Waals surface area contributed by atoms with Gasteiger partial charge in [-0.25, -0.2) is 0 Å². The van der Waals surface area contributed by atoms with Gasteiger partial charge in [0.25, 0.3) is 0 Å². The van der Waals surface area contributed by atoms with Crippen molar-refractivity contribution < 1.29 is 4.43 Å². The van der Waals surface area contributed by atoms with Crippen molar-refractivity contribution in [1.82, 2.24) is 0 Å². The zero-order chi connectivity index (χ0) is 15.3. The van der Waals surface area contributed by atoms with Crippen LogP contribution >= 0.6 is 0 Å². The molecule has 112 valence electrons. The van der Waals surface area contributed by atoms with Gasteiger partial charge in [0.1, 0.15) is 0 Å². The van der Waals surface area contributed by atoms with Crippen LogP contribution in [-0.4, -0.2) is 23.2 Å². The summed E-state index contributed by atoms with van der Waals surface area (Å²) in [5.74, 6) is 0. The summed E-state index contributed by atoms with van der Waals surface area (Å²) in [5, 5.41) is 2.78. The van der Waals surface area contributed by atoms with E-state index >= 15 is 0 Å². The molecule has 0 aliphatic heterocycles. The molecule has 20 heavy (non-hydrogen) atoms. The molecule has 0 saturated heterocycles. The third-order valence-electron chi connectivity index (χ3n) is 4.08. The summed E-state index contributed by atoms with van der Waals surface area (Å²) in [5.41, 5.74) is 1.31. The van der Waals surface area contributed by atoms with E-state index in [2.05, 4.69) is 71.6 Å². The van der Waals surface area contributed by atoms with Gasteiger partial charge in [-0.1, -0.05) is 63.0 Å². The Labute approximate surface area is 127 Å². The lowest BCUT2D eigenvalue weighted by atomic mass is 10.2. The Kier molecular flexibility index (Phi) is 6.43. The van der Waals surface area contributed by atoms with Crippen LogP contribution in [0.3, 0.4) is 0 Å². The van der Waals surface area contributed by atoms with E-state index < -0.39 is 17.1 Å². The van der Waals surface area contributed by atoms with E-state index in [0.29, 0.717) is 6.10 Å². The minimum atomic E-state index is -1.79. The van der Waals surface area contributed by atoms with Crippen LogP contribution in [0.15, 0.2) is 30.8 Å². The molecule has 0 spiro atoms. The van der Waals surface area contributed by atoms with Gasteiger partial charge in [0.2, 0.25) is 8.32 Å². The van der Waals surface area contributed by atoms with Gasteiger partial charge in [-0.15, -0.1) is 0 Å². The molecular formula is C17H30OSi2. The minimum absolute atomic E-state index is 0.305. The number of rotatable bonds is 7. The van der Waals surface area contributed by atoms with Gasteiger partial charge in [-0.05, 0) is 36.7 Å². The molecule has 0 atom stereocenters. The summed E-state index contributed by atoms with van der Waals surface area (Å²) < 4.78 is 6.40. The topological polar surface area (TPSA) is 9.23 Å². The molecular weight excluding hydrogens is 276 g/mol. The Morgan fingerprint density at radius 2 is 1.65 bits per heavy atom. The molecule has 1 aromatic rings. The van der Waals surface area contributed by atoms with Gasteiger partial charge in [-0.3, -0.25) is 0 Å². The van der Waals surface area contributed by atoms with Crippen molar-refractivity contribution in [3.63, 3.8) is 0 Å². The average Bonchev–Trinajstić information content (AvgIpc) is 2.44. The van der Waals surface area contributed by atoms with Crippen LogP contribution in [0.4, 0.5) is 0 Å². The molecule has 0 fully saturated rings. The highest BCUT2D eigenvalue weighted by molar-refractivity contribution is 6.86. The maximum atomic E-state index is 6.40. The predicted molar refractivity (Wildman–Crippen MR) is 96.9 cm³/mol. The van der Waals surface area contributed by atoms with E-state index in [1.54, 1.807) is 0 Å². The Morgan fingerprint density at radius 3 is 2.00 bits per heavy atom. The molecule has 0 unspecified atom stereocenters. The third-order valence-corrected chi connectivity index (χ3v) is 10.4. The molecule has 0 radical (unpaired) electrons. The maximum absolute atomic E-state index is 6.40. The molecule has 0 saturated carbocycles. The second-order valence-corrected chi connectivity index (χ2v) is 13.3. The Morgan fingerprint density at radius 1 is 1.15 bits per heavy atom. The van der Waals surface area contributed by atoms with Gasteiger partial charge in [0.05, 0.1) is 8.80 Å². The molecule has 0 N–H and O–H groups in total. The fourth-order valence-corrected chi connectivity index (χ4v) is 6.99. The second-order valence-electron chi connectivity index (χ2n) is 6.13. The normalized spacial score (nSPS) is 12.2. The van der Waals surface area contributed by atoms with Crippen LogP contribution in [0, 0.1) is 0 Å². The lowest BCUT2D eigenvalue weighted by molar-refractivity contribution is 0.232. The lowest BCUT2D eigenvalue weighted by Gasteiger charge is -2.32. The summed E-state index contributed by atoms with van der Waals surface area (Å²) in [6, 6.07) is 11.4. The van der Waals surface area contributed by atoms with Crippen LogP contribution in [0.25, 0.3) is 5.20 Å². The smallest absolute Gasteiger partial charge is 0.224 e. The number of hydrogen-bond donors (Lipinski definition) is 0. The van der Waals surface area contributed by atoms with E-state index in [1.807, 2.05) is 0 Å². The molecule has 0 aromatic heterocycles. The van der Waals surface area contributed by atoms with Crippen LogP contribution < -0.4 is 5.19 Å². The molecule has 1 aromatic carbocycles. The SMILES string of the molecule is C=C(c1ccc([Si](CC)(CC)OC(C)C)cc1)[SiH](C)C. The summed E-state index contributed by atoms with van der Waals surface area (Å²) in [4.78, 5) is 0. The largest absolute Gasteiger partial charge is 0.410 e. The van der Waals surface area contributed by atoms with E-state index in [1.165, 1.54) is 15.9 Å². The minimum Gasteiger partial charge on any atom is -0.410 e. The highest BCUT2D eigenvalue weighted by atomic mass is 28.4. The first-order valence-corrected chi connectivity index (χ1v) is 13.0. The van der Waals surface area contributed by atoms with Crippen molar-refractivity contribution in [3.05, 3.63) is 36.4 Å². The van der Waals surface area contributed by atoms with Crippen molar-refractivity contribution in [2.75, 3.05) is 0 Å². The first-order chi connectivity index (χ1) is 9.36. The van der Waals surface area contributed by atoms with Crippen LogP contribution in [0.5, 0.6) is 0 Å². The highest BCUT2D eigenvalue weighted by Crippen LogP contribution is 2.21. The zero-order valence-electron chi connectivity index (χ0n) is 14.0. The highest BCUT2D eigenvalue weighted by Gasteiger charge is 2.34. The molecule has 1 rings (SSSR count). The maximum Gasteiger partial charge on any atom is 0.224 e. The van der Waals surface area contributed by atoms with E-state index in [-0.39, 0.29) is 0 Å². The van der Waals surface area contributed by atoms with Crippen LogP contribution in [-0.2, 0) is 4.43 Å². The molecule has 0 aliphatic carbocycles. The summed E-state index contributed by atoms with van der Waals surface area (Å²) in [6.07, 6.45) is 0.305. The number of hydrogen-bond acceptors (Lipinski definition) is 1. The summed E-state index contributed by atoms with van der Waals surface area (Å²) in [6.45, 7) is 17.7. The summed E-state index contributed by atoms with van der Waals surface area (Å²) in [7, 11) is -2.59. The van der Waals surface area contributed by atoms with Crippen LogP contribution in [0.2, 0.25) is 25.2 Å². The Balaban J connectivity index is 3.08. The molecule has 3 heteroatoms. The van der Waals surface area contributed by atoms with Gasteiger partial charge in [0.15, 0.2) is 0 Å². The van der Waals surface area contributed by atoms with Gasteiger partial charge >= 0.3 is 0 Å². The van der Waals surface area contributed by atoms with Crippen molar-refractivity contribution in [2.45, 2.75) is 59.0 Å². The second kappa shape index (κ2) is 7.39. The van der Waals surface area contributed by atoms with Crippen molar-refractivity contribution in [1.29, 1.82) is 0 Å². The first kappa shape index (κ1) is 17.4. The van der Waals surface area contributed by atoms with Gasteiger partial charge < -0.3 is 4.43 Å². The first-order valence-electron chi connectivity index (χ1n) is 7.83. The van der Waals surface area contributed by atoms with E-state index in [9.17, 15) is 0 Å². The predicted octanol–water partition coefficient (Wildman–Crippen LogP) is 4.34. The molecule has 0 aliphatic rings.